The molecule has 0 atom stereocenters. The molecule has 1 heterocycles. The van der Waals surface area contributed by atoms with Crippen molar-refractivity contribution < 1.29 is 19.1 Å². The van der Waals surface area contributed by atoms with Gasteiger partial charge in [0.25, 0.3) is 11.8 Å². The van der Waals surface area contributed by atoms with Gasteiger partial charge in [-0.2, -0.15) is 0 Å². The Morgan fingerprint density at radius 3 is 2.16 bits per heavy atom. The van der Waals surface area contributed by atoms with E-state index in [1.807, 2.05) is 44.2 Å². The maximum atomic E-state index is 13.2. The molecule has 0 spiro atoms. The number of piperazine rings is 1. The van der Waals surface area contributed by atoms with Crippen LogP contribution in [0.15, 0.2) is 66.7 Å². The Balaban J connectivity index is 1.55. The minimum Gasteiger partial charge on any atom is -0.497 e. The molecule has 0 saturated carbocycles. The maximum Gasteiger partial charge on any atom is 0.255 e. The average Bonchev–Trinajstić information content (AvgIpc) is 2.92. The molecule has 37 heavy (non-hydrogen) atoms. The molecule has 8 nitrogen and oxygen atoms in total. The second-order valence-corrected chi connectivity index (χ2v) is 9.19. The SMILES string of the molecule is COc1cccc(C(=O)Nc2ccc(N3CCN(c4ccccc4OC)CC3)c(C(=O)NC(C)C)c2)c1. The second kappa shape index (κ2) is 11.7. The highest BCUT2D eigenvalue weighted by Gasteiger charge is 2.24. The smallest absolute Gasteiger partial charge is 0.255 e. The number of benzene rings is 3. The van der Waals surface area contributed by atoms with Crippen LogP contribution in [0.4, 0.5) is 17.1 Å². The molecule has 0 unspecified atom stereocenters. The van der Waals surface area contributed by atoms with Crippen molar-refractivity contribution in [3.05, 3.63) is 77.9 Å². The molecule has 8 heteroatoms. The quantitative estimate of drug-likeness (QED) is 0.475. The van der Waals surface area contributed by atoms with Crippen LogP contribution in [0.25, 0.3) is 0 Å². The van der Waals surface area contributed by atoms with Crippen LogP contribution in [0.3, 0.4) is 0 Å². The number of carbonyl (C=O) groups is 2. The Morgan fingerprint density at radius 1 is 0.784 bits per heavy atom. The van der Waals surface area contributed by atoms with Crippen molar-refractivity contribution in [1.29, 1.82) is 0 Å². The molecule has 1 fully saturated rings. The summed E-state index contributed by atoms with van der Waals surface area (Å²) >= 11 is 0. The van der Waals surface area contributed by atoms with Gasteiger partial charge in [-0.1, -0.05) is 18.2 Å². The predicted molar refractivity (Wildman–Crippen MR) is 147 cm³/mol. The third kappa shape index (κ3) is 6.14. The lowest BCUT2D eigenvalue weighted by atomic mass is 10.1. The molecule has 0 radical (unpaired) electrons. The molecule has 1 saturated heterocycles. The average molecular weight is 503 g/mol. The minimum atomic E-state index is -0.271. The summed E-state index contributed by atoms with van der Waals surface area (Å²) in [6, 6.07) is 20.4. The van der Waals surface area contributed by atoms with Crippen LogP contribution >= 0.6 is 0 Å². The highest BCUT2D eigenvalue weighted by Crippen LogP contribution is 2.31. The van der Waals surface area contributed by atoms with E-state index in [-0.39, 0.29) is 17.9 Å². The first-order valence-electron chi connectivity index (χ1n) is 12.4. The van der Waals surface area contributed by atoms with E-state index in [2.05, 4.69) is 26.5 Å². The fourth-order valence-electron chi connectivity index (χ4n) is 4.46. The van der Waals surface area contributed by atoms with Crippen LogP contribution < -0.4 is 29.9 Å². The van der Waals surface area contributed by atoms with Crippen LogP contribution in [0.1, 0.15) is 34.6 Å². The zero-order valence-electron chi connectivity index (χ0n) is 21.8. The van der Waals surface area contributed by atoms with E-state index in [0.717, 1.165) is 43.3 Å². The molecule has 3 aromatic carbocycles. The van der Waals surface area contributed by atoms with Crippen molar-refractivity contribution in [1.82, 2.24) is 5.32 Å². The zero-order chi connectivity index (χ0) is 26.4. The standard InChI is InChI=1S/C29H34N4O4/c1-20(2)30-29(35)24-19-22(31-28(34)21-8-7-9-23(18-21)36-3)12-13-25(24)32-14-16-33(17-15-32)26-10-5-6-11-27(26)37-4/h5-13,18-20H,14-17H2,1-4H3,(H,30,35)(H,31,34). The summed E-state index contributed by atoms with van der Waals surface area (Å²) < 4.78 is 10.8. The summed E-state index contributed by atoms with van der Waals surface area (Å²) in [5.74, 6) is 1.01. The van der Waals surface area contributed by atoms with Gasteiger partial charge in [0.15, 0.2) is 0 Å². The molecular formula is C29H34N4O4. The van der Waals surface area contributed by atoms with E-state index < -0.39 is 0 Å². The van der Waals surface area contributed by atoms with E-state index >= 15 is 0 Å². The van der Waals surface area contributed by atoms with E-state index in [1.54, 1.807) is 44.6 Å². The summed E-state index contributed by atoms with van der Waals surface area (Å²) in [5.41, 5.74) is 3.47. The zero-order valence-corrected chi connectivity index (χ0v) is 21.8. The van der Waals surface area contributed by atoms with Gasteiger partial charge in [0.1, 0.15) is 11.5 Å². The first-order chi connectivity index (χ1) is 17.9. The van der Waals surface area contributed by atoms with E-state index in [9.17, 15) is 9.59 Å². The lowest BCUT2D eigenvalue weighted by Gasteiger charge is -2.38. The summed E-state index contributed by atoms with van der Waals surface area (Å²) in [6.07, 6.45) is 0. The summed E-state index contributed by atoms with van der Waals surface area (Å²) in [4.78, 5) is 30.6. The fraction of sp³-hybridized carbons (Fsp3) is 0.310. The molecule has 2 amide bonds. The second-order valence-electron chi connectivity index (χ2n) is 9.19. The number of ether oxygens (including phenoxy) is 2. The molecular weight excluding hydrogens is 468 g/mol. The van der Waals surface area contributed by atoms with Gasteiger partial charge >= 0.3 is 0 Å². The first-order valence-corrected chi connectivity index (χ1v) is 12.4. The minimum absolute atomic E-state index is 0.0160. The number of para-hydroxylation sites is 2. The Bertz CT molecular complexity index is 1250. The number of carbonyl (C=O) groups excluding carboxylic acids is 2. The van der Waals surface area contributed by atoms with Crippen LogP contribution in [-0.2, 0) is 0 Å². The van der Waals surface area contributed by atoms with Crippen LogP contribution in [0.5, 0.6) is 11.5 Å². The Morgan fingerprint density at radius 2 is 1.49 bits per heavy atom. The summed E-state index contributed by atoms with van der Waals surface area (Å²) in [7, 11) is 3.24. The normalized spacial score (nSPS) is 13.3. The van der Waals surface area contributed by atoms with Crippen LogP contribution in [0, 0.1) is 0 Å². The number of rotatable bonds is 8. The van der Waals surface area contributed by atoms with Crippen molar-refractivity contribution in [3.8, 4) is 11.5 Å². The van der Waals surface area contributed by atoms with E-state index in [4.69, 9.17) is 9.47 Å². The third-order valence-electron chi connectivity index (χ3n) is 6.30. The maximum absolute atomic E-state index is 13.2. The van der Waals surface area contributed by atoms with Crippen LogP contribution in [0.2, 0.25) is 0 Å². The molecule has 1 aliphatic rings. The van der Waals surface area contributed by atoms with Gasteiger partial charge in [-0.25, -0.2) is 0 Å². The number of hydrogen-bond acceptors (Lipinski definition) is 6. The molecule has 0 bridgehead atoms. The van der Waals surface area contributed by atoms with Gasteiger partial charge in [0, 0.05) is 49.2 Å². The number of amides is 2. The van der Waals surface area contributed by atoms with E-state index in [1.165, 1.54) is 0 Å². The van der Waals surface area contributed by atoms with Crippen molar-refractivity contribution in [2.75, 3.05) is 55.5 Å². The molecule has 1 aliphatic heterocycles. The molecule has 3 aromatic rings. The van der Waals surface area contributed by atoms with Crippen LogP contribution in [-0.4, -0.2) is 58.3 Å². The predicted octanol–water partition coefficient (Wildman–Crippen LogP) is 4.42. The van der Waals surface area contributed by atoms with Gasteiger partial charge in [-0.15, -0.1) is 0 Å². The molecule has 194 valence electrons. The van der Waals surface area contributed by atoms with Gasteiger partial charge in [0.05, 0.1) is 25.5 Å². The Kier molecular flexibility index (Phi) is 8.18. The molecule has 0 aliphatic carbocycles. The van der Waals surface area contributed by atoms with Crippen molar-refractivity contribution in [2.45, 2.75) is 19.9 Å². The first kappa shape index (κ1) is 25.9. The molecule has 0 aromatic heterocycles. The molecule has 2 N–H and O–H groups in total. The number of nitrogens with zero attached hydrogens (tertiary/aromatic N) is 2. The summed E-state index contributed by atoms with van der Waals surface area (Å²) in [5, 5.41) is 5.91. The largest absolute Gasteiger partial charge is 0.497 e. The number of anilines is 3. The van der Waals surface area contributed by atoms with E-state index in [0.29, 0.717) is 22.6 Å². The highest BCUT2D eigenvalue weighted by atomic mass is 16.5. The van der Waals surface area contributed by atoms with Crippen molar-refractivity contribution >= 4 is 28.9 Å². The van der Waals surface area contributed by atoms with Crippen molar-refractivity contribution in [2.24, 2.45) is 0 Å². The number of methoxy groups -OCH3 is 2. The topological polar surface area (TPSA) is 83.1 Å². The molecule has 4 rings (SSSR count). The highest BCUT2D eigenvalue weighted by molar-refractivity contribution is 6.06. The summed E-state index contributed by atoms with van der Waals surface area (Å²) in [6.45, 7) is 6.93. The Labute approximate surface area is 218 Å². The fourth-order valence-corrected chi connectivity index (χ4v) is 4.46. The van der Waals surface area contributed by atoms with Gasteiger partial charge in [-0.05, 0) is 62.4 Å². The lowest BCUT2D eigenvalue weighted by molar-refractivity contribution is 0.0942. The van der Waals surface area contributed by atoms with Crippen molar-refractivity contribution in [3.63, 3.8) is 0 Å². The number of nitrogens with one attached hydrogen (secondary N) is 2. The lowest BCUT2D eigenvalue weighted by Crippen LogP contribution is -2.47. The monoisotopic (exact) mass is 502 g/mol. The third-order valence-corrected chi connectivity index (χ3v) is 6.30. The van der Waals surface area contributed by atoms with Gasteiger partial charge < -0.3 is 29.9 Å². The van der Waals surface area contributed by atoms with Gasteiger partial charge in [0.2, 0.25) is 0 Å². The number of hydrogen-bond donors (Lipinski definition) is 2. The Hall–Kier alpha value is -4.20. The van der Waals surface area contributed by atoms with Gasteiger partial charge in [-0.3, -0.25) is 9.59 Å².